The Morgan fingerprint density at radius 3 is 2.19 bits per heavy atom. The van der Waals surface area contributed by atoms with Crippen molar-refractivity contribution in [3.63, 3.8) is 0 Å². The monoisotopic (exact) mass is 426 g/mol. The minimum atomic E-state index is -0.166. The SMILES string of the molecule is CC(C)[C@@H]1CC[C@@]2(C)CC[C@@]3(C)[C@@H]4CC=C5[C@@H](CC[C@H](O)C5(C)C)[C@]4(C)CC[C@]3(C)[C@@H]12. The third-order valence-corrected chi connectivity index (χ3v) is 13.1. The molecule has 0 spiro atoms. The maximum atomic E-state index is 10.8. The van der Waals surface area contributed by atoms with Gasteiger partial charge in [-0.3, -0.25) is 0 Å². The van der Waals surface area contributed by atoms with E-state index < -0.39 is 0 Å². The van der Waals surface area contributed by atoms with E-state index in [1.54, 1.807) is 5.57 Å². The van der Waals surface area contributed by atoms with Crippen LogP contribution in [0.2, 0.25) is 0 Å². The van der Waals surface area contributed by atoms with Crippen LogP contribution in [0.15, 0.2) is 11.6 Å². The van der Waals surface area contributed by atoms with E-state index in [4.69, 9.17) is 0 Å². The smallest absolute Gasteiger partial charge is 0.0628 e. The molecular weight excluding hydrogens is 376 g/mol. The zero-order valence-corrected chi connectivity index (χ0v) is 21.9. The molecule has 0 aliphatic heterocycles. The maximum Gasteiger partial charge on any atom is 0.0628 e. The van der Waals surface area contributed by atoms with E-state index in [-0.39, 0.29) is 11.5 Å². The van der Waals surface area contributed by atoms with E-state index in [1.165, 1.54) is 51.4 Å². The van der Waals surface area contributed by atoms with Gasteiger partial charge in [-0.25, -0.2) is 0 Å². The fourth-order valence-corrected chi connectivity index (χ4v) is 11.0. The van der Waals surface area contributed by atoms with Crippen molar-refractivity contribution < 1.29 is 5.11 Å². The molecule has 9 atom stereocenters. The van der Waals surface area contributed by atoms with Crippen molar-refractivity contribution in [2.45, 2.75) is 119 Å². The van der Waals surface area contributed by atoms with Gasteiger partial charge in [0, 0.05) is 5.41 Å². The Labute approximate surface area is 192 Å². The first-order valence-electron chi connectivity index (χ1n) is 13.7. The lowest BCUT2D eigenvalue weighted by atomic mass is 9.33. The summed E-state index contributed by atoms with van der Waals surface area (Å²) >= 11 is 0. The summed E-state index contributed by atoms with van der Waals surface area (Å²) in [6.45, 7) is 20.5. The Kier molecular flexibility index (Phi) is 4.82. The number of hydrogen-bond acceptors (Lipinski definition) is 1. The number of hydrogen-bond donors (Lipinski definition) is 1. The van der Waals surface area contributed by atoms with Crippen LogP contribution in [0.4, 0.5) is 0 Å². The summed E-state index contributed by atoms with van der Waals surface area (Å²) in [6.07, 6.45) is 14.5. The lowest BCUT2D eigenvalue weighted by Gasteiger charge is -2.72. The molecule has 5 rings (SSSR count). The third-order valence-electron chi connectivity index (χ3n) is 13.1. The van der Waals surface area contributed by atoms with Crippen molar-refractivity contribution in [2.75, 3.05) is 0 Å². The van der Waals surface area contributed by atoms with Crippen molar-refractivity contribution in [1.82, 2.24) is 0 Å². The van der Waals surface area contributed by atoms with Crippen LogP contribution in [0.1, 0.15) is 113 Å². The molecule has 0 heterocycles. The predicted molar refractivity (Wildman–Crippen MR) is 131 cm³/mol. The molecule has 1 heteroatoms. The summed E-state index contributed by atoms with van der Waals surface area (Å²) in [6, 6.07) is 0. The molecule has 0 bridgehead atoms. The van der Waals surface area contributed by atoms with Crippen molar-refractivity contribution in [3.05, 3.63) is 11.6 Å². The Morgan fingerprint density at radius 2 is 1.52 bits per heavy atom. The van der Waals surface area contributed by atoms with E-state index in [2.05, 4.69) is 61.5 Å². The van der Waals surface area contributed by atoms with Gasteiger partial charge >= 0.3 is 0 Å². The van der Waals surface area contributed by atoms with Crippen LogP contribution in [0.5, 0.6) is 0 Å². The number of fused-ring (bicyclic) bond motifs is 7. The first-order valence-corrected chi connectivity index (χ1v) is 13.7. The van der Waals surface area contributed by atoms with Gasteiger partial charge in [-0.1, -0.05) is 67.0 Å². The zero-order valence-electron chi connectivity index (χ0n) is 21.9. The van der Waals surface area contributed by atoms with Crippen LogP contribution in [0, 0.1) is 56.7 Å². The summed E-state index contributed by atoms with van der Waals surface area (Å²) in [5.74, 6) is 4.12. The molecule has 5 aliphatic rings. The Balaban J connectivity index is 1.58. The quantitative estimate of drug-likeness (QED) is 0.421. The fourth-order valence-electron chi connectivity index (χ4n) is 11.0. The van der Waals surface area contributed by atoms with Gasteiger partial charge in [-0.2, -0.15) is 0 Å². The molecule has 0 saturated heterocycles. The maximum absolute atomic E-state index is 10.8. The van der Waals surface area contributed by atoms with E-state index >= 15 is 0 Å². The Morgan fingerprint density at radius 1 is 0.839 bits per heavy atom. The average molecular weight is 427 g/mol. The summed E-state index contributed by atoms with van der Waals surface area (Å²) in [4.78, 5) is 0. The van der Waals surface area contributed by atoms with Gasteiger partial charge in [0.2, 0.25) is 0 Å². The van der Waals surface area contributed by atoms with Crippen molar-refractivity contribution >= 4 is 0 Å². The highest BCUT2D eigenvalue weighted by Gasteiger charge is 2.70. The average Bonchev–Trinajstić information content (AvgIpc) is 3.06. The Hall–Kier alpha value is -0.300. The summed E-state index contributed by atoms with van der Waals surface area (Å²) < 4.78 is 0. The number of allylic oxidation sites excluding steroid dienone is 1. The van der Waals surface area contributed by atoms with Crippen LogP contribution in [-0.2, 0) is 0 Å². The molecular formula is C30H50O. The largest absolute Gasteiger partial charge is 0.392 e. The number of aliphatic hydroxyl groups is 1. The van der Waals surface area contributed by atoms with E-state index in [0.29, 0.717) is 27.6 Å². The minimum absolute atomic E-state index is 0.0438. The van der Waals surface area contributed by atoms with Crippen LogP contribution in [0.3, 0.4) is 0 Å². The standard InChI is InChI=1S/C30H50O/c1-19(2)20-13-14-27(5)15-17-29(7)23-11-9-21-22(10-12-24(31)26(21,3)4)28(23,6)16-18-30(29,8)25(20)27/h9,19-20,22-25,31H,10-18H2,1-8H3/t20-,22+,23+,24-,25-,27-,28-,29-,30+/m0/s1. The molecule has 5 aliphatic carbocycles. The molecule has 1 nitrogen and oxygen atoms in total. The molecule has 0 unspecified atom stereocenters. The van der Waals surface area contributed by atoms with Gasteiger partial charge in [-0.15, -0.1) is 0 Å². The summed E-state index contributed by atoms with van der Waals surface area (Å²) in [5.41, 5.74) is 3.48. The molecule has 1 N–H and O–H groups in total. The van der Waals surface area contributed by atoms with Gasteiger partial charge in [0.1, 0.15) is 0 Å². The third kappa shape index (κ3) is 2.65. The first-order chi connectivity index (χ1) is 14.3. The highest BCUT2D eigenvalue weighted by atomic mass is 16.3. The predicted octanol–water partition coefficient (Wildman–Crippen LogP) is 8.02. The van der Waals surface area contributed by atoms with Crippen molar-refractivity contribution in [3.8, 4) is 0 Å². The summed E-state index contributed by atoms with van der Waals surface area (Å²) in [7, 11) is 0. The second-order valence-electron chi connectivity index (χ2n) is 14.7. The molecule has 0 aromatic carbocycles. The van der Waals surface area contributed by atoms with Crippen LogP contribution >= 0.6 is 0 Å². The highest BCUT2D eigenvalue weighted by Crippen LogP contribution is 2.77. The lowest BCUT2D eigenvalue weighted by molar-refractivity contribution is -0.217. The van der Waals surface area contributed by atoms with Crippen LogP contribution < -0.4 is 0 Å². The lowest BCUT2D eigenvalue weighted by Crippen LogP contribution is -2.65. The van der Waals surface area contributed by atoms with Crippen molar-refractivity contribution in [2.24, 2.45) is 56.7 Å². The molecule has 4 saturated carbocycles. The zero-order chi connectivity index (χ0) is 22.6. The molecule has 31 heavy (non-hydrogen) atoms. The van der Waals surface area contributed by atoms with Gasteiger partial charge in [0.15, 0.2) is 0 Å². The Bertz CT molecular complexity index is 777. The van der Waals surface area contributed by atoms with Gasteiger partial charge in [0.05, 0.1) is 6.10 Å². The summed E-state index contributed by atoms with van der Waals surface area (Å²) in [5, 5.41) is 10.8. The van der Waals surface area contributed by atoms with E-state index in [9.17, 15) is 5.11 Å². The topological polar surface area (TPSA) is 20.2 Å². The number of aliphatic hydroxyl groups excluding tert-OH is 1. The minimum Gasteiger partial charge on any atom is -0.392 e. The van der Waals surface area contributed by atoms with Gasteiger partial charge in [0.25, 0.3) is 0 Å². The molecule has 4 fully saturated rings. The molecule has 0 radical (unpaired) electrons. The van der Waals surface area contributed by atoms with Gasteiger partial charge in [-0.05, 0) is 109 Å². The van der Waals surface area contributed by atoms with E-state index in [0.717, 1.165) is 30.1 Å². The molecule has 0 aromatic rings. The number of rotatable bonds is 1. The van der Waals surface area contributed by atoms with Crippen molar-refractivity contribution in [1.29, 1.82) is 0 Å². The highest BCUT2D eigenvalue weighted by molar-refractivity contribution is 5.30. The molecule has 0 aromatic heterocycles. The first kappa shape index (κ1) is 22.5. The second-order valence-corrected chi connectivity index (χ2v) is 14.7. The van der Waals surface area contributed by atoms with Gasteiger partial charge < -0.3 is 5.11 Å². The normalized spacial score (nSPS) is 55.7. The molecule has 0 amide bonds. The van der Waals surface area contributed by atoms with E-state index in [1.807, 2.05) is 0 Å². The fraction of sp³-hybridized carbons (Fsp3) is 0.933. The molecule has 176 valence electrons. The van der Waals surface area contributed by atoms with Crippen LogP contribution in [-0.4, -0.2) is 11.2 Å². The second kappa shape index (κ2) is 6.64. The van der Waals surface area contributed by atoms with Crippen LogP contribution in [0.25, 0.3) is 0 Å².